The Balaban J connectivity index is 2.33. The number of hydrogen-bond donors (Lipinski definition) is 2. The number of hydrogen-bond acceptors (Lipinski definition) is 5. The summed E-state index contributed by atoms with van der Waals surface area (Å²) in [6, 6.07) is 5.92. The lowest BCUT2D eigenvalue weighted by Crippen LogP contribution is -2.11. The van der Waals surface area contributed by atoms with E-state index >= 15 is 0 Å². The fraction of sp³-hybridized carbons (Fsp3) is 0. The van der Waals surface area contributed by atoms with Gasteiger partial charge < -0.3 is 0 Å². The molecule has 5 nitrogen and oxygen atoms in total. The molecule has 1 aromatic heterocycles. The average molecular weight is 205 g/mol. The molecule has 0 amide bonds. The van der Waals surface area contributed by atoms with Crippen molar-refractivity contribution in [2.45, 2.75) is 0 Å². The molecule has 0 spiro atoms. The molecule has 1 heterocycles. The number of benzene rings is 1. The molecule has 1 aromatic carbocycles. The number of nitrogens with two attached hydrogens (primary N) is 1. The molecule has 0 atom stereocenters. The third-order valence-corrected chi connectivity index (χ3v) is 1.83. The second-order valence-electron chi connectivity index (χ2n) is 2.82. The smallest absolute Gasteiger partial charge is 0.256 e. The van der Waals surface area contributed by atoms with Gasteiger partial charge in [-0.1, -0.05) is 0 Å². The molecule has 2 rings (SSSR count). The molecule has 2 aromatic rings. The van der Waals surface area contributed by atoms with Gasteiger partial charge in [-0.25, -0.2) is 15.2 Å². The zero-order valence-corrected chi connectivity index (χ0v) is 7.68. The van der Waals surface area contributed by atoms with Crippen LogP contribution in [0.4, 0.5) is 10.3 Å². The van der Waals surface area contributed by atoms with Crippen LogP contribution in [0.15, 0.2) is 30.5 Å². The summed E-state index contributed by atoms with van der Waals surface area (Å²) in [5.41, 5.74) is 3.58. The van der Waals surface area contributed by atoms with E-state index in [1.807, 2.05) is 0 Å². The highest BCUT2D eigenvalue weighted by atomic mass is 19.1. The van der Waals surface area contributed by atoms with Crippen LogP contribution in [0.25, 0.3) is 11.3 Å². The molecule has 0 bridgehead atoms. The van der Waals surface area contributed by atoms with Crippen LogP contribution in [0.3, 0.4) is 0 Å². The summed E-state index contributed by atoms with van der Waals surface area (Å²) in [5, 5.41) is 7.58. The summed E-state index contributed by atoms with van der Waals surface area (Å²) in [6.07, 6.45) is 1.51. The van der Waals surface area contributed by atoms with Gasteiger partial charge in [0.15, 0.2) is 0 Å². The standard InChI is InChI=1S/C9H8FN5/c10-7-3-1-6(2-4-7)8-5-12-9(13-11)15-14-8/h1-5H,11H2,(H,12,13,15). The van der Waals surface area contributed by atoms with Crippen molar-refractivity contribution in [1.29, 1.82) is 0 Å². The molecule has 0 saturated carbocycles. The lowest BCUT2D eigenvalue weighted by Gasteiger charge is -2.00. The van der Waals surface area contributed by atoms with Crippen molar-refractivity contribution < 1.29 is 4.39 Å². The molecule has 0 radical (unpaired) electrons. The summed E-state index contributed by atoms with van der Waals surface area (Å²) in [7, 11) is 0. The summed E-state index contributed by atoms with van der Waals surface area (Å²) >= 11 is 0. The van der Waals surface area contributed by atoms with Gasteiger partial charge in [-0.2, -0.15) is 0 Å². The predicted octanol–water partition coefficient (Wildman–Crippen LogP) is 0.963. The number of nitrogens with zero attached hydrogens (tertiary/aromatic N) is 3. The number of nitrogen functional groups attached to an aromatic ring is 1. The molecule has 0 aliphatic carbocycles. The summed E-state index contributed by atoms with van der Waals surface area (Å²) in [6.45, 7) is 0. The number of anilines is 1. The molecule has 0 aliphatic heterocycles. The normalized spacial score (nSPS) is 10.0. The highest BCUT2D eigenvalue weighted by molar-refractivity contribution is 5.57. The molecule has 0 aliphatic rings. The van der Waals surface area contributed by atoms with Crippen LogP contribution in [0.2, 0.25) is 0 Å². The number of aromatic nitrogens is 3. The maximum atomic E-state index is 12.6. The predicted molar refractivity (Wildman–Crippen MR) is 53.0 cm³/mol. The maximum Gasteiger partial charge on any atom is 0.256 e. The van der Waals surface area contributed by atoms with Gasteiger partial charge in [-0.05, 0) is 24.3 Å². The van der Waals surface area contributed by atoms with E-state index in [2.05, 4.69) is 20.6 Å². The van der Waals surface area contributed by atoms with Gasteiger partial charge >= 0.3 is 0 Å². The fourth-order valence-electron chi connectivity index (χ4n) is 1.09. The van der Waals surface area contributed by atoms with E-state index in [0.29, 0.717) is 5.69 Å². The average Bonchev–Trinajstić information content (AvgIpc) is 2.30. The molecule has 0 fully saturated rings. The monoisotopic (exact) mass is 205 g/mol. The van der Waals surface area contributed by atoms with Gasteiger partial charge in [0.1, 0.15) is 11.5 Å². The minimum Gasteiger partial charge on any atom is -0.291 e. The zero-order chi connectivity index (χ0) is 10.7. The molecule has 76 valence electrons. The minimum atomic E-state index is -0.292. The van der Waals surface area contributed by atoms with Gasteiger partial charge in [-0.15, -0.1) is 10.2 Å². The Bertz CT molecular complexity index is 439. The highest BCUT2D eigenvalue weighted by Crippen LogP contribution is 2.15. The fourth-order valence-corrected chi connectivity index (χ4v) is 1.09. The van der Waals surface area contributed by atoms with E-state index in [-0.39, 0.29) is 11.8 Å². The van der Waals surface area contributed by atoms with Crippen LogP contribution in [0.1, 0.15) is 0 Å². The second-order valence-corrected chi connectivity index (χ2v) is 2.82. The first-order valence-electron chi connectivity index (χ1n) is 4.22. The molecular formula is C9H8FN5. The van der Waals surface area contributed by atoms with Crippen molar-refractivity contribution in [3.05, 3.63) is 36.3 Å². The van der Waals surface area contributed by atoms with Crippen LogP contribution < -0.4 is 11.3 Å². The lowest BCUT2D eigenvalue weighted by molar-refractivity contribution is 0.628. The van der Waals surface area contributed by atoms with E-state index in [4.69, 9.17) is 5.84 Å². The second kappa shape index (κ2) is 3.97. The highest BCUT2D eigenvalue weighted by Gasteiger charge is 2.01. The van der Waals surface area contributed by atoms with Gasteiger partial charge in [0.05, 0.1) is 6.20 Å². The Morgan fingerprint density at radius 3 is 2.40 bits per heavy atom. The van der Waals surface area contributed by atoms with Crippen molar-refractivity contribution in [1.82, 2.24) is 15.2 Å². The van der Waals surface area contributed by atoms with Crippen molar-refractivity contribution in [2.24, 2.45) is 5.84 Å². The Morgan fingerprint density at radius 1 is 1.13 bits per heavy atom. The molecule has 0 saturated heterocycles. The SMILES string of the molecule is NNc1ncc(-c2ccc(F)cc2)nn1. The quantitative estimate of drug-likeness (QED) is 0.564. The molecule has 0 unspecified atom stereocenters. The summed E-state index contributed by atoms with van der Waals surface area (Å²) in [4.78, 5) is 3.89. The Labute approximate surface area is 85.1 Å². The van der Waals surface area contributed by atoms with Crippen molar-refractivity contribution in [3.8, 4) is 11.3 Å². The van der Waals surface area contributed by atoms with E-state index in [1.165, 1.54) is 18.3 Å². The third kappa shape index (κ3) is 2.05. The van der Waals surface area contributed by atoms with E-state index in [9.17, 15) is 4.39 Å². The lowest BCUT2D eigenvalue weighted by atomic mass is 10.2. The molecule has 6 heteroatoms. The van der Waals surface area contributed by atoms with Gasteiger partial charge in [0, 0.05) is 5.56 Å². The minimum absolute atomic E-state index is 0.237. The van der Waals surface area contributed by atoms with E-state index < -0.39 is 0 Å². The van der Waals surface area contributed by atoms with E-state index in [1.54, 1.807) is 12.1 Å². The van der Waals surface area contributed by atoms with Crippen molar-refractivity contribution in [2.75, 3.05) is 5.43 Å². The van der Waals surface area contributed by atoms with E-state index in [0.717, 1.165) is 5.56 Å². The first-order valence-corrected chi connectivity index (χ1v) is 4.22. The third-order valence-electron chi connectivity index (χ3n) is 1.83. The number of hydrazine groups is 1. The summed E-state index contributed by atoms with van der Waals surface area (Å²) in [5.74, 6) is 5.04. The van der Waals surface area contributed by atoms with Crippen LogP contribution in [0.5, 0.6) is 0 Å². The number of rotatable bonds is 2. The number of nitrogens with one attached hydrogen (secondary N) is 1. The Kier molecular flexibility index (Phi) is 2.51. The van der Waals surface area contributed by atoms with Crippen LogP contribution in [0, 0.1) is 5.82 Å². The zero-order valence-electron chi connectivity index (χ0n) is 7.68. The Hall–Kier alpha value is -2.08. The molecule has 15 heavy (non-hydrogen) atoms. The summed E-state index contributed by atoms with van der Waals surface area (Å²) < 4.78 is 12.6. The number of halogens is 1. The van der Waals surface area contributed by atoms with Crippen LogP contribution in [-0.4, -0.2) is 15.2 Å². The van der Waals surface area contributed by atoms with Gasteiger partial charge in [0.2, 0.25) is 0 Å². The molecule has 3 N–H and O–H groups in total. The molecular weight excluding hydrogens is 197 g/mol. The van der Waals surface area contributed by atoms with Crippen molar-refractivity contribution in [3.63, 3.8) is 0 Å². The maximum absolute atomic E-state index is 12.6. The first kappa shape index (κ1) is 9.47. The van der Waals surface area contributed by atoms with Crippen LogP contribution in [-0.2, 0) is 0 Å². The first-order chi connectivity index (χ1) is 7.29. The largest absolute Gasteiger partial charge is 0.291 e. The van der Waals surface area contributed by atoms with Gasteiger partial charge in [-0.3, -0.25) is 5.43 Å². The topological polar surface area (TPSA) is 76.7 Å². The van der Waals surface area contributed by atoms with Gasteiger partial charge in [0.25, 0.3) is 5.95 Å². The Morgan fingerprint density at radius 2 is 1.87 bits per heavy atom. The van der Waals surface area contributed by atoms with Crippen LogP contribution >= 0.6 is 0 Å². The van der Waals surface area contributed by atoms with Crippen molar-refractivity contribution >= 4 is 5.95 Å².